The first-order valence-corrected chi connectivity index (χ1v) is 7.99. The van der Waals surface area contributed by atoms with Gasteiger partial charge in [0.05, 0.1) is 6.61 Å². The van der Waals surface area contributed by atoms with Crippen molar-refractivity contribution in [2.75, 3.05) is 19.4 Å². The van der Waals surface area contributed by atoms with E-state index in [0.29, 0.717) is 12.0 Å². The molecule has 2 rings (SSSR count). The number of rotatable bonds is 5. The number of fused-ring (bicyclic) bond motifs is 1. The van der Waals surface area contributed by atoms with Crippen LogP contribution in [0.25, 0.3) is 0 Å². The molecule has 3 unspecified atom stereocenters. The average Bonchev–Trinajstić information content (AvgIpc) is 2.41. The van der Waals surface area contributed by atoms with Crippen LogP contribution in [0.1, 0.15) is 31.9 Å². The first-order valence-electron chi connectivity index (χ1n) is 6.70. The SMILES string of the molecule is CSC(C)CCNC1c2ccccc2OCC1C. The van der Waals surface area contributed by atoms with Crippen molar-refractivity contribution in [3.05, 3.63) is 29.8 Å². The van der Waals surface area contributed by atoms with E-state index in [-0.39, 0.29) is 0 Å². The molecular formula is C15H23NOS. The molecular weight excluding hydrogens is 242 g/mol. The third-order valence-electron chi connectivity index (χ3n) is 3.64. The first-order chi connectivity index (χ1) is 8.72. The summed E-state index contributed by atoms with van der Waals surface area (Å²) >= 11 is 1.93. The maximum atomic E-state index is 5.77. The van der Waals surface area contributed by atoms with Gasteiger partial charge in [0.2, 0.25) is 0 Å². The molecule has 0 bridgehead atoms. The highest BCUT2D eigenvalue weighted by atomic mass is 32.2. The molecule has 0 saturated heterocycles. The van der Waals surface area contributed by atoms with Gasteiger partial charge in [-0.2, -0.15) is 11.8 Å². The van der Waals surface area contributed by atoms with Crippen LogP contribution in [0, 0.1) is 5.92 Å². The van der Waals surface area contributed by atoms with Crippen LogP contribution in [-0.2, 0) is 0 Å². The summed E-state index contributed by atoms with van der Waals surface area (Å²) in [5, 5.41) is 4.42. The minimum absolute atomic E-state index is 0.434. The Kier molecular flexibility index (Phi) is 4.95. The van der Waals surface area contributed by atoms with Crippen molar-refractivity contribution in [3.8, 4) is 5.75 Å². The van der Waals surface area contributed by atoms with E-state index in [1.807, 2.05) is 17.8 Å². The molecule has 0 aliphatic carbocycles. The zero-order chi connectivity index (χ0) is 13.0. The van der Waals surface area contributed by atoms with Crippen molar-refractivity contribution >= 4 is 11.8 Å². The van der Waals surface area contributed by atoms with E-state index in [0.717, 1.165) is 24.2 Å². The Balaban J connectivity index is 1.98. The molecule has 2 nitrogen and oxygen atoms in total. The Labute approximate surface area is 114 Å². The fourth-order valence-corrected chi connectivity index (χ4v) is 2.72. The Bertz CT molecular complexity index is 383. The molecule has 0 spiro atoms. The van der Waals surface area contributed by atoms with Crippen LogP contribution >= 0.6 is 11.8 Å². The number of hydrogen-bond donors (Lipinski definition) is 1. The van der Waals surface area contributed by atoms with Crippen molar-refractivity contribution in [1.82, 2.24) is 5.32 Å². The third kappa shape index (κ3) is 3.21. The highest BCUT2D eigenvalue weighted by molar-refractivity contribution is 7.99. The van der Waals surface area contributed by atoms with Crippen LogP contribution in [0.4, 0.5) is 0 Å². The van der Waals surface area contributed by atoms with Crippen LogP contribution < -0.4 is 10.1 Å². The minimum Gasteiger partial charge on any atom is -0.493 e. The van der Waals surface area contributed by atoms with E-state index < -0.39 is 0 Å². The van der Waals surface area contributed by atoms with E-state index in [1.54, 1.807) is 0 Å². The van der Waals surface area contributed by atoms with Crippen LogP contribution in [0.15, 0.2) is 24.3 Å². The molecule has 1 aromatic rings. The lowest BCUT2D eigenvalue weighted by atomic mass is 9.92. The van der Waals surface area contributed by atoms with Crippen molar-refractivity contribution in [1.29, 1.82) is 0 Å². The largest absolute Gasteiger partial charge is 0.493 e. The van der Waals surface area contributed by atoms with Gasteiger partial charge in [-0.05, 0) is 25.3 Å². The summed E-state index contributed by atoms with van der Waals surface area (Å²) in [6, 6.07) is 8.83. The smallest absolute Gasteiger partial charge is 0.124 e. The van der Waals surface area contributed by atoms with E-state index >= 15 is 0 Å². The standard InChI is InChI=1S/C15H23NOS/c1-11-10-17-14-7-5-4-6-13(14)15(11)16-9-8-12(2)18-3/h4-7,11-12,15-16H,8-10H2,1-3H3. The Hall–Kier alpha value is -0.670. The van der Waals surface area contributed by atoms with Crippen molar-refractivity contribution in [2.24, 2.45) is 5.92 Å². The van der Waals surface area contributed by atoms with Crippen LogP contribution in [0.5, 0.6) is 5.75 Å². The summed E-state index contributed by atoms with van der Waals surface area (Å²) in [5.74, 6) is 1.58. The molecule has 18 heavy (non-hydrogen) atoms. The highest BCUT2D eigenvalue weighted by Crippen LogP contribution is 2.34. The lowest BCUT2D eigenvalue weighted by molar-refractivity contribution is 0.188. The summed E-state index contributed by atoms with van der Waals surface area (Å²) in [7, 11) is 0. The van der Waals surface area contributed by atoms with Gasteiger partial charge in [-0.1, -0.05) is 32.0 Å². The van der Waals surface area contributed by atoms with Crippen molar-refractivity contribution < 1.29 is 4.74 Å². The van der Waals surface area contributed by atoms with Gasteiger partial charge in [-0.3, -0.25) is 0 Å². The summed E-state index contributed by atoms with van der Waals surface area (Å²) in [5.41, 5.74) is 1.31. The van der Waals surface area contributed by atoms with Gasteiger partial charge < -0.3 is 10.1 Å². The molecule has 3 atom stereocenters. The molecule has 1 N–H and O–H groups in total. The molecule has 0 amide bonds. The second kappa shape index (κ2) is 6.48. The van der Waals surface area contributed by atoms with Gasteiger partial charge in [0.25, 0.3) is 0 Å². The average molecular weight is 265 g/mol. The van der Waals surface area contributed by atoms with Crippen molar-refractivity contribution in [2.45, 2.75) is 31.6 Å². The molecule has 1 aliphatic rings. The molecule has 100 valence electrons. The number of para-hydroxylation sites is 1. The Morgan fingerprint density at radius 1 is 1.44 bits per heavy atom. The predicted octanol–water partition coefficient (Wildman–Crippen LogP) is 3.49. The zero-order valence-corrected chi connectivity index (χ0v) is 12.3. The fourth-order valence-electron chi connectivity index (χ4n) is 2.36. The number of hydrogen-bond acceptors (Lipinski definition) is 3. The van der Waals surface area contributed by atoms with E-state index in [9.17, 15) is 0 Å². The lowest BCUT2D eigenvalue weighted by Crippen LogP contribution is -2.35. The normalized spacial score (nSPS) is 24.2. The quantitative estimate of drug-likeness (QED) is 0.880. The monoisotopic (exact) mass is 265 g/mol. The minimum atomic E-state index is 0.434. The maximum Gasteiger partial charge on any atom is 0.124 e. The summed E-state index contributed by atoms with van der Waals surface area (Å²) in [6.07, 6.45) is 3.39. The van der Waals surface area contributed by atoms with Gasteiger partial charge in [-0.25, -0.2) is 0 Å². The van der Waals surface area contributed by atoms with Crippen molar-refractivity contribution in [3.63, 3.8) is 0 Å². The highest BCUT2D eigenvalue weighted by Gasteiger charge is 2.26. The van der Waals surface area contributed by atoms with Gasteiger partial charge in [0.1, 0.15) is 5.75 Å². The van der Waals surface area contributed by atoms with Crippen LogP contribution in [-0.4, -0.2) is 24.7 Å². The second-order valence-corrected chi connectivity index (χ2v) is 6.37. The first kappa shape index (κ1) is 13.8. The molecule has 0 aromatic heterocycles. The number of benzene rings is 1. The summed E-state index contributed by atoms with van der Waals surface area (Å²) < 4.78 is 5.77. The van der Waals surface area contributed by atoms with Crippen LogP contribution in [0.3, 0.4) is 0 Å². The van der Waals surface area contributed by atoms with E-state index in [4.69, 9.17) is 4.74 Å². The van der Waals surface area contributed by atoms with Crippen LogP contribution in [0.2, 0.25) is 0 Å². The third-order valence-corrected chi connectivity index (χ3v) is 4.68. The lowest BCUT2D eigenvalue weighted by Gasteiger charge is -2.32. The summed E-state index contributed by atoms with van der Waals surface area (Å²) in [6.45, 7) is 6.43. The Morgan fingerprint density at radius 3 is 3.00 bits per heavy atom. The predicted molar refractivity (Wildman–Crippen MR) is 79.4 cm³/mol. The molecule has 1 aromatic carbocycles. The van der Waals surface area contributed by atoms with Gasteiger partial charge >= 0.3 is 0 Å². The molecule has 1 heterocycles. The number of nitrogens with one attached hydrogen (secondary N) is 1. The molecule has 0 saturated carbocycles. The maximum absolute atomic E-state index is 5.77. The van der Waals surface area contributed by atoms with Gasteiger partial charge in [0, 0.05) is 22.8 Å². The second-order valence-electron chi connectivity index (χ2n) is 5.09. The molecule has 3 heteroatoms. The topological polar surface area (TPSA) is 21.3 Å². The zero-order valence-electron chi connectivity index (χ0n) is 11.5. The number of ether oxygens (including phenoxy) is 1. The van der Waals surface area contributed by atoms with Gasteiger partial charge in [0.15, 0.2) is 0 Å². The molecule has 1 aliphatic heterocycles. The molecule has 0 radical (unpaired) electrons. The molecule has 0 fully saturated rings. The summed E-state index contributed by atoms with van der Waals surface area (Å²) in [4.78, 5) is 0. The van der Waals surface area contributed by atoms with Gasteiger partial charge in [-0.15, -0.1) is 0 Å². The van der Waals surface area contributed by atoms with E-state index in [2.05, 4.69) is 43.6 Å². The number of thioether (sulfide) groups is 1. The fraction of sp³-hybridized carbons (Fsp3) is 0.600. The Morgan fingerprint density at radius 2 is 2.22 bits per heavy atom. The van der Waals surface area contributed by atoms with E-state index in [1.165, 1.54) is 12.0 Å².